The predicted molar refractivity (Wildman–Crippen MR) is 72.0 cm³/mol. The minimum atomic E-state index is -0.919. The Morgan fingerprint density at radius 2 is 2.11 bits per heavy atom. The summed E-state index contributed by atoms with van der Waals surface area (Å²) in [6.45, 7) is 3.75. The lowest BCUT2D eigenvalue weighted by Gasteiger charge is -2.20. The number of hydrogen-bond acceptors (Lipinski definition) is 3. The molecule has 0 spiro atoms. The zero-order valence-electron chi connectivity index (χ0n) is 10.7. The molecule has 1 atom stereocenters. The van der Waals surface area contributed by atoms with Gasteiger partial charge in [-0.2, -0.15) is 0 Å². The van der Waals surface area contributed by atoms with E-state index in [4.69, 9.17) is 9.84 Å². The smallest absolute Gasteiger partial charge is 0.303 e. The van der Waals surface area contributed by atoms with Crippen LogP contribution in [0.25, 0.3) is 0 Å². The summed E-state index contributed by atoms with van der Waals surface area (Å²) in [6, 6.07) is 1.92. The molecule has 0 fully saturated rings. The van der Waals surface area contributed by atoms with Gasteiger partial charge in [0.2, 0.25) is 0 Å². The maximum atomic E-state index is 10.6. The number of aryl methyl sites for hydroxylation is 1. The molecular formula is C13H17BrO4. The summed E-state index contributed by atoms with van der Waals surface area (Å²) in [4.78, 5) is 10.6. The molecule has 0 heterocycles. The van der Waals surface area contributed by atoms with E-state index < -0.39 is 12.1 Å². The van der Waals surface area contributed by atoms with E-state index in [1.54, 1.807) is 7.11 Å². The van der Waals surface area contributed by atoms with Crippen LogP contribution in [0.5, 0.6) is 5.75 Å². The fraction of sp³-hybridized carbons (Fsp3) is 0.462. The first-order chi connectivity index (χ1) is 8.38. The highest BCUT2D eigenvalue weighted by atomic mass is 79.9. The maximum absolute atomic E-state index is 10.6. The third-order valence-electron chi connectivity index (χ3n) is 2.88. The van der Waals surface area contributed by atoms with Gasteiger partial charge in [0.05, 0.1) is 13.2 Å². The predicted octanol–water partition coefficient (Wildman–Crippen LogP) is 2.97. The van der Waals surface area contributed by atoms with Crippen molar-refractivity contribution in [2.24, 2.45) is 0 Å². The molecule has 18 heavy (non-hydrogen) atoms. The summed E-state index contributed by atoms with van der Waals surface area (Å²) in [5.41, 5.74) is 2.43. The zero-order valence-corrected chi connectivity index (χ0v) is 12.2. The Hall–Kier alpha value is -1.07. The van der Waals surface area contributed by atoms with Gasteiger partial charge in [-0.05, 0) is 37.5 Å². The van der Waals surface area contributed by atoms with Crippen LogP contribution < -0.4 is 4.74 Å². The number of halogens is 1. The summed E-state index contributed by atoms with van der Waals surface area (Å²) in [5, 5.41) is 18.8. The van der Waals surface area contributed by atoms with Gasteiger partial charge in [-0.25, -0.2) is 0 Å². The molecule has 1 aromatic carbocycles. The number of aliphatic hydroxyl groups excluding tert-OH is 1. The van der Waals surface area contributed by atoms with Crippen LogP contribution >= 0.6 is 15.9 Å². The van der Waals surface area contributed by atoms with E-state index in [2.05, 4.69) is 15.9 Å². The third kappa shape index (κ3) is 3.23. The molecule has 2 N–H and O–H groups in total. The van der Waals surface area contributed by atoms with Crippen molar-refractivity contribution >= 4 is 21.9 Å². The highest BCUT2D eigenvalue weighted by Crippen LogP contribution is 2.37. The summed E-state index contributed by atoms with van der Waals surface area (Å²) in [5.74, 6) is -0.300. The molecule has 0 bridgehead atoms. The van der Waals surface area contributed by atoms with Crippen LogP contribution in [-0.2, 0) is 4.79 Å². The van der Waals surface area contributed by atoms with Crippen LogP contribution in [0.4, 0.5) is 0 Å². The molecule has 0 saturated carbocycles. The number of carboxylic acid groups (broad SMARTS) is 1. The van der Waals surface area contributed by atoms with Crippen LogP contribution in [0.3, 0.4) is 0 Å². The lowest BCUT2D eigenvalue weighted by atomic mass is 9.96. The van der Waals surface area contributed by atoms with Crippen LogP contribution in [0.1, 0.15) is 35.6 Å². The van der Waals surface area contributed by atoms with Gasteiger partial charge in [0.15, 0.2) is 0 Å². The van der Waals surface area contributed by atoms with Crippen LogP contribution in [0.15, 0.2) is 10.5 Å². The average Bonchev–Trinajstić information content (AvgIpc) is 2.30. The van der Waals surface area contributed by atoms with Crippen molar-refractivity contribution in [3.8, 4) is 5.75 Å². The number of aliphatic carboxylic acids is 1. The Labute approximate surface area is 115 Å². The van der Waals surface area contributed by atoms with Crippen molar-refractivity contribution in [3.63, 3.8) is 0 Å². The molecular weight excluding hydrogens is 300 g/mol. The van der Waals surface area contributed by atoms with Crippen molar-refractivity contribution in [2.75, 3.05) is 7.11 Å². The molecule has 0 amide bonds. The highest BCUT2D eigenvalue weighted by molar-refractivity contribution is 9.10. The van der Waals surface area contributed by atoms with Gasteiger partial charge < -0.3 is 14.9 Å². The number of methoxy groups -OCH3 is 1. The average molecular weight is 317 g/mol. The third-order valence-corrected chi connectivity index (χ3v) is 3.70. The molecule has 4 nitrogen and oxygen atoms in total. The van der Waals surface area contributed by atoms with Crippen molar-refractivity contribution < 1.29 is 19.7 Å². The first-order valence-electron chi connectivity index (χ1n) is 5.62. The van der Waals surface area contributed by atoms with Gasteiger partial charge >= 0.3 is 5.97 Å². The minimum absolute atomic E-state index is 0.0741. The van der Waals surface area contributed by atoms with E-state index in [-0.39, 0.29) is 12.8 Å². The summed E-state index contributed by atoms with van der Waals surface area (Å²) < 4.78 is 6.19. The number of carbonyl (C=O) groups is 1. The molecule has 0 aromatic heterocycles. The van der Waals surface area contributed by atoms with Crippen molar-refractivity contribution in [2.45, 2.75) is 32.8 Å². The molecule has 1 aromatic rings. The monoisotopic (exact) mass is 316 g/mol. The number of benzene rings is 1. The minimum Gasteiger partial charge on any atom is -0.496 e. The lowest BCUT2D eigenvalue weighted by molar-refractivity contribution is -0.137. The van der Waals surface area contributed by atoms with Crippen molar-refractivity contribution in [1.82, 2.24) is 0 Å². The molecule has 0 aliphatic rings. The quantitative estimate of drug-likeness (QED) is 0.876. The molecule has 1 rings (SSSR count). The Morgan fingerprint density at radius 3 is 2.61 bits per heavy atom. The van der Waals surface area contributed by atoms with Gasteiger partial charge in [-0.3, -0.25) is 4.79 Å². The Balaban J connectivity index is 3.16. The van der Waals surface area contributed by atoms with Crippen molar-refractivity contribution in [1.29, 1.82) is 0 Å². The van der Waals surface area contributed by atoms with Gasteiger partial charge in [0.25, 0.3) is 0 Å². The fourth-order valence-corrected chi connectivity index (χ4v) is 2.51. The van der Waals surface area contributed by atoms with Crippen LogP contribution in [0.2, 0.25) is 0 Å². The molecule has 0 radical (unpaired) electrons. The number of aliphatic hydroxyl groups is 1. The number of hydrogen-bond donors (Lipinski definition) is 2. The Morgan fingerprint density at radius 1 is 1.50 bits per heavy atom. The van der Waals surface area contributed by atoms with Gasteiger partial charge in [0, 0.05) is 16.5 Å². The standard InChI is InChI=1S/C13H17BrO4/c1-7-6-9(14)8(2)12(13(7)18-3)10(15)4-5-11(16)17/h6,10,15H,4-5H2,1-3H3,(H,16,17). The van der Waals surface area contributed by atoms with E-state index in [9.17, 15) is 9.90 Å². The molecule has 0 saturated heterocycles. The first kappa shape index (κ1) is 15.0. The molecule has 100 valence electrons. The number of rotatable bonds is 5. The Kier molecular flexibility index (Phi) is 5.16. The van der Waals surface area contributed by atoms with Crippen molar-refractivity contribution in [3.05, 3.63) is 27.2 Å². The van der Waals surface area contributed by atoms with Gasteiger partial charge in [0.1, 0.15) is 5.75 Å². The normalized spacial score (nSPS) is 12.3. The van der Waals surface area contributed by atoms with Gasteiger partial charge in [-0.1, -0.05) is 15.9 Å². The maximum Gasteiger partial charge on any atom is 0.303 e. The van der Waals surface area contributed by atoms with Gasteiger partial charge in [-0.15, -0.1) is 0 Å². The second-order valence-electron chi connectivity index (χ2n) is 4.20. The summed E-state index contributed by atoms with van der Waals surface area (Å²) in [6.07, 6.45) is -0.746. The van der Waals surface area contributed by atoms with Crippen LogP contribution in [-0.4, -0.2) is 23.3 Å². The van der Waals surface area contributed by atoms with E-state index in [1.807, 2.05) is 19.9 Å². The second kappa shape index (κ2) is 6.20. The number of carboxylic acids is 1. The second-order valence-corrected chi connectivity index (χ2v) is 5.05. The zero-order chi connectivity index (χ0) is 13.9. The summed E-state index contributed by atoms with van der Waals surface area (Å²) in [7, 11) is 1.54. The molecule has 1 unspecified atom stereocenters. The first-order valence-corrected chi connectivity index (χ1v) is 6.41. The van der Waals surface area contributed by atoms with E-state index in [0.717, 1.165) is 15.6 Å². The van der Waals surface area contributed by atoms with E-state index >= 15 is 0 Å². The highest BCUT2D eigenvalue weighted by Gasteiger charge is 2.20. The molecule has 0 aliphatic carbocycles. The van der Waals surface area contributed by atoms with E-state index in [0.29, 0.717) is 11.3 Å². The molecule has 5 heteroatoms. The SMILES string of the molecule is COc1c(C)cc(Br)c(C)c1C(O)CCC(=O)O. The summed E-state index contributed by atoms with van der Waals surface area (Å²) >= 11 is 3.43. The largest absolute Gasteiger partial charge is 0.496 e. The Bertz CT molecular complexity index is 457. The van der Waals surface area contributed by atoms with E-state index in [1.165, 1.54) is 0 Å². The lowest BCUT2D eigenvalue weighted by Crippen LogP contribution is -2.07. The molecule has 0 aliphatic heterocycles. The topological polar surface area (TPSA) is 66.8 Å². The number of ether oxygens (including phenoxy) is 1. The van der Waals surface area contributed by atoms with Crippen LogP contribution in [0, 0.1) is 13.8 Å². The fourth-order valence-electron chi connectivity index (χ4n) is 1.95.